The van der Waals surface area contributed by atoms with Crippen LogP contribution in [0, 0.1) is 5.41 Å². The molecule has 3 nitrogen and oxygen atoms in total. The highest BCUT2D eigenvalue weighted by atomic mass is 16.2. The van der Waals surface area contributed by atoms with Gasteiger partial charge in [0, 0.05) is 24.7 Å². The molecule has 0 radical (unpaired) electrons. The Morgan fingerprint density at radius 1 is 1.00 bits per heavy atom. The number of fused-ring (bicyclic) bond motifs is 1. The fourth-order valence-corrected chi connectivity index (χ4v) is 5.07. The highest BCUT2D eigenvalue weighted by Gasteiger charge is 2.63. The van der Waals surface area contributed by atoms with E-state index >= 15 is 0 Å². The molecule has 3 heteroatoms. The van der Waals surface area contributed by atoms with Crippen LogP contribution in [-0.2, 0) is 4.79 Å². The summed E-state index contributed by atoms with van der Waals surface area (Å²) in [5.41, 5.74) is 0.809. The van der Waals surface area contributed by atoms with E-state index in [0.29, 0.717) is 6.42 Å². The third-order valence-corrected chi connectivity index (χ3v) is 6.25. The van der Waals surface area contributed by atoms with Crippen LogP contribution in [-0.4, -0.2) is 24.2 Å². The monoisotopic (exact) mass is 297 g/mol. The molecule has 0 amide bonds. The van der Waals surface area contributed by atoms with Crippen LogP contribution in [0.15, 0.2) is 24.3 Å². The maximum Gasteiger partial charge on any atom is 0.198 e. The van der Waals surface area contributed by atoms with Gasteiger partial charge < -0.3 is 4.90 Å². The zero-order chi connectivity index (χ0) is 15.4. The molecule has 4 rings (SSSR count). The lowest BCUT2D eigenvalue weighted by molar-refractivity contribution is -0.120. The third-order valence-electron chi connectivity index (χ3n) is 6.25. The maximum atomic E-state index is 13.1. The van der Waals surface area contributed by atoms with Crippen molar-refractivity contribution in [3.8, 4) is 0 Å². The van der Waals surface area contributed by atoms with Crippen LogP contribution in [0.5, 0.6) is 0 Å². The normalized spacial score (nSPS) is 30.1. The molecule has 1 atom stereocenters. The van der Waals surface area contributed by atoms with Crippen molar-refractivity contribution in [3.05, 3.63) is 29.8 Å². The predicted octanol–water partition coefficient (Wildman–Crippen LogP) is 3.76. The largest absolute Gasteiger partial charge is 0.355 e. The number of Topliss-reactive ketones (excluding diaryl/α,β-unsaturated/α-hetero) is 2. The molecule has 0 bridgehead atoms. The summed E-state index contributed by atoms with van der Waals surface area (Å²) in [7, 11) is 1.93. The Bertz CT molecular complexity index is 643. The van der Waals surface area contributed by atoms with Gasteiger partial charge in [-0.05, 0) is 36.8 Å². The summed E-state index contributed by atoms with van der Waals surface area (Å²) in [6, 6.07) is 7.68. The van der Waals surface area contributed by atoms with Gasteiger partial charge in [0.1, 0.15) is 0 Å². The van der Waals surface area contributed by atoms with Gasteiger partial charge in [-0.1, -0.05) is 37.8 Å². The van der Waals surface area contributed by atoms with E-state index in [1.807, 2.05) is 36.2 Å². The number of carbonyl (C=O) groups excluding carboxylic acids is 2. The topological polar surface area (TPSA) is 37.4 Å². The van der Waals surface area contributed by atoms with Crippen molar-refractivity contribution in [2.45, 2.75) is 56.9 Å². The molecule has 0 saturated heterocycles. The van der Waals surface area contributed by atoms with Crippen LogP contribution in [0.4, 0.5) is 5.69 Å². The summed E-state index contributed by atoms with van der Waals surface area (Å²) in [5.74, 6) is 0.190. The first-order valence-electron chi connectivity index (χ1n) is 8.50. The number of nitrogens with zero attached hydrogens (tertiary/aromatic N) is 1. The van der Waals surface area contributed by atoms with E-state index in [1.165, 1.54) is 25.7 Å². The van der Waals surface area contributed by atoms with Gasteiger partial charge in [0.05, 0.1) is 0 Å². The molecule has 3 aliphatic rings. The van der Waals surface area contributed by atoms with E-state index in [9.17, 15) is 9.59 Å². The molecule has 0 aromatic heterocycles. The Hall–Kier alpha value is -1.64. The second-order valence-electron chi connectivity index (χ2n) is 7.46. The molecule has 116 valence electrons. The number of rotatable bonds is 0. The summed E-state index contributed by atoms with van der Waals surface area (Å²) in [5, 5.41) is 0. The van der Waals surface area contributed by atoms with Gasteiger partial charge in [0.15, 0.2) is 17.1 Å². The summed E-state index contributed by atoms with van der Waals surface area (Å²) in [4.78, 5) is 28.1. The number of ketones is 2. The van der Waals surface area contributed by atoms with Gasteiger partial charge in [0.25, 0.3) is 0 Å². The first-order chi connectivity index (χ1) is 10.6. The second-order valence-corrected chi connectivity index (χ2v) is 7.46. The molecule has 2 fully saturated rings. The lowest BCUT2D eigenvalue weighted by Gasteiger charge is -2.34. The summed E-state index contributed by atoms with van der Waals surface area (Å²) in [6.07, 6.45) is 8.48. The minimum Gasteiger partial charge on any atom is -0.355 e. The number of hydrogen-bond acceptors (Lipinski definition) is 3. The molecule has 2 aliphatic carbocycles. The summed E-state index contributed by atoms with van der Waals surface area (Å²) >= 11 is 0. The van der Waals surface area contributed by atoms with Crippen LogP contribution in [0.25, 0.3) is 0 Å². The maximum absolute atomic E-state index is 13.1. The summed E-state index contributed by atoms with van der Waals surface area (Å²) in [6.45, 7) is 0. The van der Waals surface area contributed by atoms with Crippen molar-refractivity contribution < 1.29 is 9.59 Å². The van der Waals surface area contributed by atoms with E-state index < -0.39 is 5.54 Å². The molecule has 22 heavy (non-hydrogen) atoms. The molecule has 1 aromatic rings. The molecular weight excluding hydrogens is 274 g/mol. The minimum absolute atomic E-state index is 0.0386. The second kappa shape index (κ2) is 4.68. The molecule has 2 saturated carbocycles. The van der Waals surface area contributed by atoms with Crippen molar-refractivity contribution in [1.82, 2.24) is 0 Å². The third kappa shape index (κ3) is 1.68. The Morgan fingerprint density at radius 3 is 2.36 bits per heavy atom. The quantitative estimate of drug-likeness (QED) is 0.684. The Morgan fingerprint density at radius 2 is 1.68 bits per heavy atom. The van der Waals surface area contributed by atoms with Gasteiger partial charge in [-0.15, -0.1) is 0 Å². The molecule has 1 heterocycles. The fraction of sp³-hybridized carbons (Fsp3) is 0.579. The van der Waals surface area contributed by atoms with Gasteiger partial charge in [-0.25, -0.2) is 0 Å². The number of likely N-dealkylation sites (N-methyl/N-ethyl adjacent to an activating group) is 1. The summed E-state index contributed by atoms with van der Waals surface area (Å²) < 4.78 is 0. The van der Waals surface area contributed by atoms with Crippen LogP contribution in [0.1, 0.15) is 61.7 Å². The lowest BCUT2D eigenvalue weighted by atomic mass is 9.76. The van der Waals surface area contributed by atoms with Crippen LogP contribution in [0.2, 0.25) is 0 Å². The molecule has 0 N–H and O–H groups in total. The standard InChI is InChI=1S/C19H23NO2/c1-20-15-9-5-4-8-14(15)17(22)19(20)13-18(12-16(19)21)10-6-2-3-7-11-18/h4-5,8-9H,2-3,6-7,10-13H2,1H3. The lowest BCUT2D eigenvalue weighted by Crippen LogP contribution is -2.52. The van der Waals surface area contributed by atoms with Gasteiger partial charge >= 0.3 is 0 Å². The molecule has 1 aromatic carbocycles. The Balaban J connectivity index is 1.76. The molecular formula is C19H23NO2. The first kappa shape index (κ1) is 14.0. The van der Waals surface area contributed by atoms with E-state index in [1.54, 1.807) is 0 Å². The van der Waals surface area contributed by atoms with Crippen molar-refractivity contribution in [2.24, 2.45) is 5.41 Å². The number of benzene rings is 1. The van der Waals surface area contributed by atoms with Crippen molar-refractivity contribution in [3.63, 3.8) is 0 Å². The SMILES string of the molecule is CN1c2ccccc2C(=O)C12CC1(CCCCCC1)CC2=O. The van der Waals surface area contributed by atoms with Crippen LogP contribution >= 0.6 is 0 Å². The van der Waals surface area contributed by atoms with E-state index in [0.717, 1.165) is 30.5 Å². The fourth-order valence-electron chi connectivity index (χ4n) is 5.07. The molecule has 2 spiro atoms. The van der Waals surface area contributed by atoms with Crippen LogP contribution in [0.3, 0.4) is 0 Å². The van der Waals surface area contributed by atoms with Crippen molar-refractivity contribution in [2.75, 3.05) is 11.9 Å². The average molecular weight is 297 g/mol. The highest BCUT2D eigenvalue weighted by molar-refractivity contribution is 6.27. The van der Waals surface area contributed by atoms with Gasteiger partial charge in [0.2, 0.25) is 0 Å². The minimum atomic E-state index is -0.909. The Kier molecular flexibility index (Phi) is 2.97. The van der Waals surface area contributed by atoms with Crippen molar-refractivity contribution >= 4 is 17.3 Å². The molecule has 1 unspecified atom stereocenters. The number of para-hydroxylation sites is 1. The number of hydrogen-bond donors (Lipinski definition) is 0. The zero-order valence-electron chi connectivity index (χ0n) is 13.2. The van der Waals surface area contributed by atoms with E-state index in [4.69, 9.17) is 0 Å². The van der Waals surface area contributed by atoms with Gasteiger partial charge in [-0.2, -0.15) is 0 Å². The average Bonchev–Trinajstić information content (AvgIpc) is 2.79. The van der Waals surface area contributed by atoms with Gasteiger partial charge in [-0.3, -0.25) is 9.59 Å². The van der Waals surface area contributed by atoms with E-state index in [2.05, 4.69) is 0 Å². The smallest absolute Gasteiger partial charge is 0.198 e. The highest BCUT2D eigenvalue weighted by Crippen LogP contribution is 2.56. The number of anilines is 1. The van der Waals surface area contributed by atoms with E-state index in [-0.39, 0.29) is 17.0 Å². The first-order valence-corrected chi connectivity index (χ1v) is 8.50. The zero-order valence-corrected chi connectivity index (χ0v) is 13.2. The number of carbonyl (C=O) groups is 2. The van der Waals surface area contributed by atoms with Crippen LogP contribution < -0.4 is 4.90 Å². The Labute approximate surface area is 131 Å². The molecule has 1 aliphatic heterocycles. The van der Waals surface area contributed by atoms with Crippen molar-refractivity contribution in [1.29, 1.82) is 0 Å². The predicted molar refractivity (Wildman–Crippen MR) is 86.3 cm³/mol.